The molecule has 2 unspecified atom stereocenters. The highest BCUT2D eigenvalue weighted by Gasteiger charge is 2.26. The first-order valence-electron chi connectivity index (χ1n) is 37.5. The maximum Gasteiger partial charge on any atom is 0.472 e. The zero-order valence-electron chi connectivity index (χ0n) is 56.6. The highest BCUT2D eigenvalue weighted by molar-refractivity contribution is 7.47. The summed E-state index contributed by atoms with van der Waals surface area (Å²) in [6.07, 6.45) is 89.9. The van der Waals surface area contributed by atoms with Crippen molar-refractivity contribution in [3.05, 3.63) is 36.5 Å². The van der Waals surface area contributed by atoms with Crippen LogP contribution < -0.4 is 5.73 Å². The Morgan fingerprint density at radius 2 is 0.612 bits per heavy atom. The average Bonchev–Trinajstić information content (AvgIpc) is 3.52. The molecule has 502 valence electrons. The second-order valence-electron chi connectivity index (χ2n) is 25.5. The number of allylic oxidation sites excluding steroid dienone is 6. The monoisotopic (exact) mass is 1220 g/mol. The summed E-state index contributed by atoms with van der Waals surface area (Å²) in [4.78, 5) is 35.4. The fourth-order valence-corrected chi connectivity index (χ4v) is 12.2. The molecule has 2 atom stereocenters. The minimum atomic E-state index is -4.39. The molecule has 85 heavy (non-hydrogen) atoms. The summed E-state index contributed by atoms with van der Waals surface area (Å²) in [6.45, 7) is 3.81. The lowest BCUT2D eigenvalue weighted by Crippen LogP contribution is -2.29. The molecule has 0 amide bonds. The van der Waals surface area contributed by atoms with Gasteiger partial charge < -0.3 is 20.1 Å². The molecule has 0 bridgehead atoms. The minimum absolute atomic E-state index is 0.0555. The highest BCUT2D eigenvalue weighted by atomic mass is 31.2. The third kappa shape index (κ3) is 71.2. The minimum Gasteiger partial charge on any atom is -0.462 e. The normalized spacial score (nSPS) is 13.0. The summed E-state index contributed by atoms with van der Waals surface area (Å²) in [7, 11) is -4.39. The molecule has 0 aromatic carbocycles. The fourth-order valence-electron chi connectivity index (χ4n) is 11.4. The lowest BCUT2D eigenvalue weighted by Gasteiger charge is -2.19. The molecule has 0 heterocycles. The van der Waals surface area contributed by atoms with E-state index in [1.807, 2.05) is 0 Å². The summed E-state index contributed by atoms with van der Waals surface area (Å²) in [5.41, 5.74) is 5.41. The van der Waals surface area contributed by atoms with Gasteiger partial charge in [0.25, 0.3) is 0 Å². The van der Waals surface area contributed by atoms with Crippen molar-refractivity contribution in [2.24, 2.45) is 5.73 Å². The van der Waals surface area contributed by atoms with E-state index in [1.54, 1.807) is 0 Å². The molecule has 0 spiro atoms. The van der Waals surface area contributed by atoms with E-state index in [2.05, 4.69) is 50.3 Å². The van der Waals surface area contributed by atoms with Gasteiger partial charge in [-0.1, -0.05) is 352 Å². The predicted octanol–water partition coefficient (Wildman–Crippen LogP) is 24.6. The van der Waals surface area contributed by atoms with Gasteiger partial charge in [0.1, 0.15) is 6.61 Å². The Morgan fingerprint density at radius 3 is 0.906 bits per heavy atom. The summed E-state index contributed by atoms with van der Waals surface area (Å²) in [5.74, 6) is -0.806. The van der Waals surface area contributed by atoms with Crippen LogP contribution in [-0.4, -0.2) is 49.3 Å². The zero-order valence-corrected chi connectivity index (χ0v) is 57.5. The molecule has 0 aromatic rings. The Hall–Kier alpha value is -1.77. The number of hydrogen-bond donors (Lipinski definition) is 2. The molecule has 0 saturated carbocycles. The summed E-state index contributed by atoms with van der Waals surface area (Å²) in [5, 5.41) is 0. The van der Waals surface area contributed by atoms with Crippen LogP contribution in [0.3, 0.4) is 0 Å². The molecular formula is C75H144NO8P. The molecule has 0 rings (SSSR count). The summed E-state index contributed by atoms with van der Waals surface area (Å²) in [6, 6.07) is 0. The second-order valence-corrected chi connectivity index (χ2v) is 27.0. The van der Waals surface area contributed by atoms with Gasteiger partial charge >= 0.3 is 19.8 Å². The van der Waals surface area contributed by atoms with Gasteiger partial charge in [-0.05, 0) is 70.6 Å². The SMILES string of the molecule is CCCCCCC/C=C\C/C=C\CCCCCCCCCCCCCCCC(=O)OC(COC(=O)CCCCCCCCCCCCCCCCCCCCCCCCCCCCC/C=C\CCCCCCCCCC)COP(=O)(O)OCCN. The van der Waals surface area contributed by atoms with Crippen LogP contribution in [0, 0.1) is 0 Å². The lowest BCUT2D eigenvalue weighted by molar-refractivity contribution is -0.161. The number of phosphoric acid groups is 1. The van der Waals surface area contributed by atoms with Crippen molar-refractivity contribution < 1.29 is 37.6 Å². The van der Waals surface area contributed by atoms with Crippen molar-refractivity contribution in [1.29, 1.82) is 0 Å². The first-order valence-corrected chi connectivity index (χ1v) is 39.0. The zero-order chi connectivity index (χ0) is 61.6. The van der Waals surface area contributed by atoms with E-state index < -0.39 is 26.5 Å². The number of rotatable bonds is 72. The van der Waals surface area contributed by atoms with E-state index in [1.165, 1.54) is 321 Å². The van der Waals surface area contributed by atoms with Crippen LogP contribution in [0.15, 0.2) is 36.5 Å². The molecule has 0 fully saturated rings. The van der Waals surface area contributed by atoms with Gasteiger partial charge in [0.05, 0.1) is 13.2 Å². The van der Waals surface area contributed by atoms with Gasteiger partial charge in [-0.3, -0.25) is 18.6 Å². The van der Waals surface area contributed by atoms with Gasteiger partial charge in [0, 0.05) is 19.4 Å². The van der Waals surface area contributed by atoms with Gasteiger partial charge in [0.2, 0.25) is 0 Å². The molecule has 10 heteroatoms. The van der Waals surface area contributed by atoms with E-state index in [0.29, 0.717) is 6.42 Å². The smallest absolute Gasteiger partial charge is 0.462 e. The van der Waals surface area contributed by atoms with E-state index in [9.17, 15) is 19.0 Å². The molecule has 0 radical (unpaired) electrons. The summed E-state index contributed by atoms with van der Waals surface area (Å²) >= 11 is 0. The number of ether oxygens (including phenoxy) is 2. The highest BCUT2D eigenvalue weighted by Crippen LogP contribution is 2.43. The molecule has 0 aromatic heterocycles. The fraction of sp³-hybridized carbons (Fsp3) is 0.893. The third-order valence-corrected chi connectivity index (χ3v) is 18.0. The van der Waals surface area contributed by atoms with Crippen molar-refractivity contribution in [2.75, 3.05) is 26.4 Å². The molecule has 0 saturated heterocycles. The second kappa shape index (κ2) is 71.3. The number of carbonyl (C=O) groups excluding carboxylic acids is 2. The van der Waals surface area contributed by atoms with Gasteiger partial charge in [-0.25, -0.2) is 4.57 Å². The third-order valence-electron chi connectivity index (χ3n) is 17.0. The number of hydrogen-bond acceptors (Lipinski definition) is 8. The molecular weight excluding hydrogens is 1070 g/mol. The first-order chi connectivity index (χ1) is 41.8. The number of carbonyl (C=O) groups is 2. The van der Waals surface area contributed by atoms with Crippen molar-refractivity contribution >= 4 is 19.8 Å². The van der Waals surface area contributed by atoms with Crippen LogP contribution in [0.25, 0.3) is 0 Å². The molecule has 0 aliphatic rings. The maximum atomic E-state index is 12.8. The average molecular weight is 1220 g/mol. The van der Waals surface area contributed by atoms with Crippen LogP contribution in [0.4, 0.5) is 0 Å². The quantitative estimate of drug-likeness (QED) is 0.0264. The molecule has 0 aliphatic carbocycles. The Kier molecular flexibility index (Phi) is 69.8. The molecule has 9 nitrogen and oxygen atoms in total. The molecule has 3 N–H and O–H groups in total. The van der Waals surface area contributed by atoms with Crippen LogP contribution in [0.2, 0.25) is 0 Å². The lowest BCUT2D eigenvalue weighted by atomic mass is 10.0. The summed E-state index contributed by atoms with van der Waals surface area (Å²) < 4.78 is 33.2. The van der Waals surface area contributed by atoms with Crippen LogP contribution in [0.5, 0.6) is 0 Å². The van der Waals surface area contributed by atoms with Crippen LogP contribution >= 0.6 is 7.82 Å². The number of phosphoric ester groups is 1. The number of esters is 2. The standard InChI is InChI=1S/C75H144NO8P/c1-3-5-7-9-11-13-15-17-19-21-23-25-27-29-30-31-32-33-34-35-36-37-38-39-40-41-42-44-45-47-49-51-53-55-57-59-61-63-65-67-74(77)81-71-73(72-83-85(79,80)82-70-69-76)84-75(78)68-66-64-62-60-58-56-54-52-50-48-46-43-28-26-24-22-20-18-16-14-12-10-8-6-4-2/h16,18,21-24,73H,3-15,17,19-20,25-72,76H2,1-2H3,(H,79,80)/b18-16-,23-21-,24-22-. The number of nitrogens with two attached hydrogens (primary N) is 1. The van der Waals surface area contributed by atoms with E-state index in [-0.39, 0.29) is 38.6 Å². The first kappa shape index (κ1) is 83.2. The van der Waals surface area contributed by atoms with Gasteiger partial charge in [-0.15, -0.1) is 0 Å². The Labute approximate surface area is 528 Å². The van der Waals surface area contributed by atoms with Crippen molar-refractivity contribution in [3.63, 3.8) is 0 Å². The van der Waals surface area contributed by atoms with Crippen LogP contribution in [0.1, 0.15) is 399 Å². The van der Waals surface area contributed by atoms with E-state index >= 15 is 0 Å². The largest absolute Gasteiger partial charge is 0.472 e. The van der Waals surface area contributed by atoms with E-state index in [4.69, 9.17) is 24.3 Å². The van der Waals surface area contributed by atoms with Crippen molar-refractivity contribution in [2.45, 2.75) is 405 Å². The van der Waals surface area contributed by atoms with E-state index in [0.717, 1.165) is 44.9 Å². The Bertz CT molecular complexity index is 1490. The topological polar surface area (TPSA) is 134 Å². The van der Waals surface area contributed by atoms with Gasteiger partial charge in [-0.2, -0.15) is 0 Å². The van der Waals surface area contributed by atoms with Crippen molar-refractivity contribution in [1.82, 2.24) is 0 Å². The number of unbranched alkanes of at least 4 members (excludes halogenated alkanes) is 53. The van der Waals surface area contributed by atoms with Crippen molar-refractivity contribution in [3.8, 4) is 0 Å². The predicted molar refractivity (Wildman–Crippen MR) is 367 cm³/mol. The van der Waals surface area contributed by atoms with Gasteiger partial charge in [0.15, 0.2) is 6.10 Å². The Balaban J connectivity index is 3.75. The maximum absolute atomic E-state index is 12.8. The van der Waals surface area contributed by atoms with Crippen LogP contribution in [-0.2, 0) is 32.7 Å². The molecule has 0 aliphatic heterocycles. The Morgan fingerprint density at radius 1 is 0.353 bits per heavy atom.